The molecule has 0 saturated carbocycles. The van der Waals surface area contributed by atoms with Gasteiger partial charge in [0.05, 0.1) is 25.3 Å². The highest BCUT2D eigenvalue weighted by Crippen LogP contribution is 2.34. The Hall–Kier alpha value is -3.23. The van der Waals surface area contributed by atoms with Crippen molar-refractivity contribution in [2.45, 2.75) is 13.0 Å². The number of para-hydroxylation sites is 1. The van der Waals surface area contributed by atoms with Gasteiger partial charge in [-0.1, -0.05) is 35.9 Å². The third-order valence-electron chi connectivity index (χ3n) is 6.02. The molecule has 1 saturated heterocycles. The number of amides is 2. The SMILES string of the molecule is CCOc1ccccc1C1NC(=O)NC(CN2CCN(c3cccc(Cl)c3)CC2)=C1C(=O)OC. The molecule has 0 aromatic heterocycles. The summed E-state index contributed by atoms with van der Waals surface area (Å²) in [5, 5.41) is 6.43. The highest BCUT2D eigenvalue weighted by atomic mass is 35.5. The first-order valence-corrected chi connectivity index (χ1v) is 11.7. The summed E-state index contributed by atoms with van der Waals surface area (Å²) in [4.78, 5) is 30.0. The largest absolute Gasteiger partial charge is 0.494 e. The summed E-state index contributed by atoms with van der Waals surface area (Å²) in [5.41, 5.74) is 2.72. The van der Waals surface area contributed by atoms with Gasteiger partial charge in [-0.25, -0.2) is 9.59 Å². The van der Waals surface area contributed by atoms with Crippen molar-refractivity contribution in [3.63, 3.8) is 0 Å². The molecule has 0 spiro atoms. The minimum atomic E-state index is -0.674. The Morgan fingerprint density at radius 2 is 1.88 bits per heavy atom. The molecular weight excluding hydrogens is 456 g/mol. The first-order valence-electron chi connectivity index (χ1n) is 11.3. The summed E-state index contributed by atoms with van der Waals surface area (Å²) < 4.78 is 10.9. The maximum absolute atomic E-state index is 12.9. The standard InChI is InChI=1S/C25H29ClN4O4/c1-3-34-21-10-5-4-9-19(21)23-22(24(31)33-2)20(27-25(32)28-23)16-29-11-13-30(14-12-29)18-8-6-7-17(26)15-18/h4-10,15,23H,3,11-14,16H2,1-2H3,(H2,27,28,32). The predicted octanol–water partition coefficient (Wildman–Crippen LogP) is 3.34. The fourth-order valence-electron chi connectivity index (χ4n) is 4.39. The number of rotatable bonds is 7. The molecule has 2 heterocycles. The zero-order chi connectivity index (χ0) is 24.1. The Morgan fingerprint density at radius 3 is 2.59 bits per heavy atom. The molecule has 8 nitrogen and oxygen atoms in total. The lowest BCUT2D eigenvalue weighted by atomic mass is 9.94. The van der Waals surface area contributed by atoms with E-state index in [0.29, 0.717) is 40.8 Å². The third-order valence-corrected chi connectivity index (χ3v) is 6.25. The fourth-order valence-corrected chi connectivity index (χ4v) is 4.58. The van der Waals surface area contributed by atoms with Crippen LogP contribution in [0.4, 0.5) is 10.5 Å². The number of carbonyl (C=O) groups excluding carboxylic acids is 2. The number of hydrogen-bond acceptors (Lipinski definition) is 6. The molecular formula is C25H29ClN4O4. The van der Waals surface area contributed by atoms with E-state index in [2.05, 4.69) is 20.4 Å². The molecule has 1 atom stereocenters. The van der Waals surface area contributed by atoms with Gasteiger partial charge < -0.3 is 25.0 Å². The quantitative estimate of drug-likeness (QED) is 0.586. The zero-order valence-corrected chi connectivity index (χ0v) is 20.1. The number of anilines is 1. The van der Waals surface area contributed by atoms with Crippen molar-refractivity contribution in [2.24, 2.45) is 0 Å². The normalized spacial score (nSPS) is 18.9. The number of carbonyl (C=O) groups is 2. The van der Waals surface area contributed by atoms with Crippen LogP contribution in [-0.4, -0.2) is 63.3 Å². The molecule has 2 aliphatic heterocycles. The van der Waals surface area contributed by atoms with E-state index >= 15 is 0 Å². The molecule has 9 heteroatoms. The van der Waals surface area contributed by atoms with E-state index in [1.54, 1.807) is 0 Å². The summed E-state index contributed by atoms with van der Waals surface area (Å²) in [6.45, 7) is 5.95. The van der Waals surface area contributed by atoms with Crippen molar-refractivity contribution in [2.75, 3.05) is 51.3 Å². The second kappa shape index (κ2) is 10.8. The van der Waals surface area contributed by atoms with Crippen LogP contribution in [-0.2, 0) is 9.53 Å². The van der Waals surface area contributed by atoms with E-state index in [9.17, 15) is 9.59 Å². The highest BCUT2D eigenvalue weighted by Gasteiger charge is 2.35. The molecule has 0 aliphatic carbocycles. The monoisotopic (exact) mass is 484 g/mol. The van der Waals surface area contributed by atoms with Crippen molar-refractivity contribution < 1.29 is 19.1 Å². The number of esters is 1. The number of piperazine rings is 1. The number of urea groups is 1. The van der Waals surface area contributed by atoms with Gasteiger partial charge in [0.1, 0.15) is 5.75 Å². The molecule has 0 bridgehead atoms. The molecule has 34 heavy (non-hydrogen) atoms. The van der Waals surface area contributed by atoms with Gasteiger partial charge >= 0.3 is 12.0 Å². The Balaban J connectivity index is 1.57. The minimum Gasteiger partial charge on any atom is -0.494 e. The van der Waals surface area contributed by atoms with Gasteiger partial charge in [-0.05, 0) is 31.2 Å². The van der Waals surface area contributed by atoms with E-state index in [1.165, 1.54) is 7.11 Å². The van der Waals surface area contributed by atoms with Crippen LogP contribution in [0.25, 0.3) is 0 Å². The van der Waals surface area contributed by atoms with Crippen molar-refractivity contribution >= 4 is 29.3 Å². The first kappa shape index (κ1) is 23.9. The maximum Gasteiger partial charge on any atom is 0.338 e. The fraction of sp³-hybridized carbons (Fsp3) is 0.360. The summed E-state index contributed by atoms with van der Waals surface area (Å²) in [6.07, 6.45) is 0. The molecule has 2 aromatic rings. The van der Waals surface area contributed by atoms with Gasteiger partial charge in [-0.2, -0.15) is 0 Å². The molecule has 2 aliphatic rings. The molecule has 2 N–H and O–H groups in total. The highest BCUT2D eigenvalue weighted by molar-refractivity contribution is 6.30. The number of hydrogen-bond donors (Lipinski definition) is 2. The maximum atomic E-state index is 12.9. The average molecular weight is 485 g/mol. The second-order valence-electron chi connectivity index (χ2n) is 8.13. The summed E-state index contributed by atoms with van der Waals surface area (Å²) in [6, 6.07) is 14.2. The molecule has 2 amide bonds. The number of nitrogens with one attached hydrogen (secondary N) is 2. The molecule has 2 aromatic carbocycles. The summed E-state index contributed by atoms with van der Waals surface area (Å²) >= 11 is 6.15. The van der Waals surface area contributed by atoms with Crippen LogP contribution < -0.4 is 20.3 Å². The Labute approximate surface area is 204 Å². The number of nitrogens with zero attached hydrogens (tertiary/aromatic N) is 2. The van der Waals surface area contributed by atoms with Gasteiger partial charge in [-0.15, -0.1) is 0 Å². The smallest absolute Gasteiger partial charge is 0.338 e. The number of halogens is 1. The Morgan fingerprint density at radius 1 is 1.12 bits per heavy atom. The van der Waals surface area contributed by atoms with E-state index in [4.69, 9.17) is 21.1 Å². The lowest BCUT2D eigenvalue weighted by molar-refractivity contribution is -0.136. The number of ether oxygens (including phenoxy) is 2. The zero-order valence-electron chi connectivity index (χ0n) is 19.3. The van der Waals surface area contributed by atoms with Crippen LogP contribution >= 0.6 is 11.6 Å². The third kappa shape index (κ3) is 5.29. The van der Waals surface area contributed by atoms with Crippen LogP contribution in [0.15, 0.2) is 59.8 Å². The van der Waals surface area contributed by atoms with Crippen LogP contribution in [0.5, 0.6) is 5.75 Å². The molecule has 180 valence electrons. The van der Waals surface area contributed by atoms with Crippen LogP contribution in [0, 0.1) is 0 Å². The predicted molar refractivity (Wildman–Crippen MR) is 131 cm³/mol. The van der Waals surface area contributed by atoms with Crippen molar-refractivity contribution in [3.8, 4) is 5.75 Å². The Bertz CT molecular complexity index is 1080. The van der Waals surface area contributed by atoms with Crippen LogP contribution in [0.2, 0.25) is 5.02 Å². The van der Waals surface area contributed by atoms with E-state index < -0.39 is 12.0 Å². The molecule has 1 fully saturated rings. The Kier molecular flexibility index (Phi) is 7.59. The van der Waals surface area contributed by atoms with Gasteiger partial charge in [0.15, 0.2) is 0 Å². The van der Waals surface area contributed by atoms with Gasteiger partial charge in [0, 0.05) is 54.7 Å². The van der Waals surface area contributed by atoms with Gasteiger partial charge in [-0.3, -0.25) is 4.90 Å². The lowest BCUT2D eigenvalue weighted by Gasteiger charge is -2.38. The second-order valence-corrected chi connectivity index (χ2v) is 8.57. The molecule has 4 rings (SSSR count). The van der Waals surface area contributed by atoms with Crippen molar-refractivity contribution in [1.29, 1.82) is 0 Å². The topological polar surface area (TPSA) is 83.1 Å². The summed E-state index contributed by atoms with van der Waals surface area (Å²) in [5.74, 6) is 0.129. The van der Waals surface area contributed by atoms with E-state index in [-0.39, 0.29) is 6.03 Å². The van der Waals surface area contributed by atoms with Gasteiger partial charge in [0.2, 0.25) is 0 Å². The van der Waals surface area contributed by atoms with Crippen molar-refractivity contribution in [3.05, 3.63) is 70.4 Å². The number of benzene rings is 2. The summed E-state index contributed by atoms with van der Waals surface area (Å²) in [7, 11) is 1.35. The van der Waals surface area contributed by atoms with Gasteiger partial charge in [0.25, 0.3) is 0 Å². The van der Waals surface area contributed by atoms with Crippen molar-refractivity contribution in [1.82, 2.24) is 15.5 Å². The average Bonchev–Trinajstić information content (AvgIpc) is 2.84. The number of methoxy groups -OCH3 is 1. The van der Waals surface area contributed by atoms with E-state index in [0.717, 1.165) is 31.9 Å². The minimum absolute atomic E-state index is 0.364. The van der Waals surface area contributed by atoms with E-state index in [1.807, 2.05) is 55.5 Å². The lowest BCUT2D eigenvalue weighted by Crippen LogP contribution is -2.51. The molecule has 0 radical (unpaired) electrons. The first-order chi connectivity index (χ1) is 16.5. The molecule has 1 unspecified atom stereocenters. The van der Waals surface area contributed by atoms with Crippen LogP contribution in [0.1, 0.15) is 18.5 Å². The van der Waals surface area contributed by atoms with Crippen LogP contribution in [0.3, 0.4) is 0 Å².